The van der Waals surface area contributed by atoms with Gasteiger partial charge in [-0.1, -0.05) is 103 Å². The van der Waals surface area contributed by atoms with Crippen LogP contribution in [-0.2, 0) is 0 Å². The number of unbranched alkanes of at least 4 members (excludes halogenated alkanes) is 9. The van der Waals surface area contributed by atoms with Crippen molar-refractivity contribution in [1.82, 2.24) is 0 Å². The first kappa shape index (κ1) is 25.9. The number of hydrogen-bond donors (Lipinski definition) is 0. The summed E-state index contributed by atoms with van der Waals surface area (Å²) in [5, 5.41) is 0. The minimum Gasteiger partial charge on any atom is -0.174 e. The molecule has 0 heterocycles. The zero-order valence-electron chi connectivity index (χ0n) is 20.0. The monoisotopic (exact) mass is 424 g/mol. The second-order valence-electron chi connectivity index (χ2n) is 10.6. The van der Waals surface area contributed by atoms with E-state index in [1.807, 2.05) is 0 Å². The predicted molar refractivity (Wildman–Crippen MR) is 127 cm³/mol. The Morgan fingerprint density at radius 3 is 1.50 bits per heavy atom. The first-order valence-corrected chi connectivity index (χ1v) is 13.7. The summed E-state index contributed by atoms with van der Waals surface area (Å²) >= 11 is 0. The summed E-state index contributed by atoms with van der Waals surface area (Å²) in [6, 6.07) is 0. The lowest BCUT2D eigenvalue weighted by molar-refractivity contribution is 0.140. The van der Waals surface area contributed by atoms with Gasteiger partial charge in [0.15, 0.2) is 0 Å². The average Bonchev–Trinajstić information content (AvgIpc) is 2.76. The molecule has 2 fully saturated rings. The highest BCUT2D eigenvalue weighted by Crippen LogP contribution is 2.43. The van der Waals surface area contributed by atoms with E-state index in [0.29, 0.717) is 12.3 Å². The van der Waals surface area contributed by atoms with Gasteiger partial charge >= 0.3 is 0 Å². The lowest BCUT2D eigenvalue weighted by atomic mass is 9.68. The van der Waals surface area contributed by atoms with Crippen LogP contribution in [0.15, 0.2) is 12.2 Å². The van der Waals surface area contributed by atoms with Crippen molar-refractivity contribution in [3.8, 4) is 0 Å². The maximum Gasteiger partial charge on any atom is 0.266 e. The van der Waals surface area contributed by atoms with E-state index in [1.54, 1.807) is 0 Å². The van der Waals surface area contributed by atoms with Crippen molar-refractivity contribution < 1.29 is 8.78 Å². The molecule has 2 heteroatoms. The normalized spacial score (nSPS) is 27.2. The molecule has 0 unspecified atom stereocenters. The second kappa shape index (κ2) is 16.3. The van der Waals surface area contributed by atoms with Gasteiger partial charge in [-0.05, 0) is 68.3 Å². The fourth-order valence-electron chi connectivity index (χ4n) is 6.25. The molecule has 0 spiro atoms. The zero-order chi connectivity index (χ0) is 21.4. The number of hydrogen-bond acceptors (Lipinski definition) is 0. The van der Waals surface area contributed by atoms with Gasteiger partial charge in [-0.3, -0.25) is 0 Å². The van der Waals surface area contributed by atoms with E-state index in [2.05, 4.69) is 6.92 Å². The Bertz CT molecular complexity index is 424. The van der Waals surface area contributed by atoms with Gasteiger partial charge in [0.25, 0.3) is 6.08 Å². The Morgan fingerprint density at radius 2 is 1.03 bits per heavy atom. The smallest absolute Gasteiger partial charge is 0.174 e. The summed E-state index contributed by atoms with van der Waals surface area (Å²) in [6.07, 6.45) is 28.2. The van der Waals surface area contributed by atoms with Gasteiger partial charge in [0.2, 0.25) is 0 Å². The van der Waals surface area contributed by atoms with Gasteiger partial charge in [-0.25, -0.2) is 0 Å². The van der Waals surface area contributed by atoms with E-state index in [1.165, 1.54) is 122 Å². The fourth-order valence-corrected chi connectivity index (χ4v) is 6.25. The van der Waals surface area contributed by atoms with E-state index in [9.17, 15) is 8.78 Å². The molecule has 0 amide bonds. The van der Waals surface area contributed by atoms with E-state index in [-0.39, 0.29) is 0 Å². The van der Waals surface area contributed by atoms with Crippen LogP contribution in [0.3, 0.4) is 0 Å². The summed E-state index contributed by atoms with van der Waals surface area (Å²) in [5.41, 5.74) is 0. The molecule has 0 saturated heterocycles. The van der Waals surface area contributed by atoms with E-state index >= 15 is 0 Å². The van der Waals surface area contributed by atoms with Gasteiger partial charge in [0.1, 0.15) is 0 Å². The molecule has 2 aliphatic carbocycles. The topological polar surface area (TPSA) is 0 Å². The Balaban J connectivity index is 1.44. The molecule has 0 aliphatic heterocycles. The molecule has 2 saturated carbocycles. The highest BCUT2D eigenvalue weighted by atomic mass is 19.3. The molecule has 0 radical (unpaired) electrons. The van der Waals surface area contributed by atoms with Crippen molar-refractivity contribution in [2.45, 2.75) is 142 Å². The second-order valence-corrected chi connectivity index (χ2v) is 10.6. The molecule has 2 aliphatic rings. The highest BCUT2D eigenvalue weighted by Gasteiger charge is 2.30. The zero-order valence-corrected chi connectivity index (χ0v) is 20.0. The summed E-state index contributed by atoms with van der Waals surface area (Å²) < 4.78 is 24.4. The van der Waals surface area contributed by atoms with Crippen LogP contribution in [0.25, 0.3) is 0 Å². The molecule has 0 atom stereocenters. The SMILES string of the molecule is CCCCCCCCCCCCC1CCC(C2CCC(CCC=C(F)F)CC2)CC1. The van der Waals surface area contributed by atoms with Crippen LogP contribution in [0.2, 0.25) is 0 Å². The standard InChI is InChI=1S/C28H50F2/c1-2-3-4-5-6-7-8-9-10-11-13-24-16-20-26(21-17-24)27-22-18-25(19-23-27)14-12-15-28(29)30/h15,24-27H,2-14,16-23H2,1H3. The molecule has 0 aromatic carbocycles. The van der Waals surface area contributed by atoms with E-state index < -0.39 is 6.08 Å². The van der Waals surface area contributed by atoms with Crippen LogP contribution < -0.4 is 0 Å². The maximum atomic E-state index is 12.2. The van der Waals surface area contributed by atoms with Gasteiger partial charge < -0.3 is 0 Å². The summed E-state index contributed by atoms with van der Waals surface area (Å²) in [6.45, 7) is 2.29. The quantitative estimate of drug-likeness (QED) is 0.229. The minimum absolute atomic E-state index is 0.571. The Hall–Kier alpha value is -0.400. The average molecular weight is 425 g/mol. The van der Waals surface area contributed by atoms with Crippen LogP contribution in [0.5, 0.6) is 0 Å². The number of rotatable bonds is 15. The van der Waals surface area contributed by atoms with Crippen molar-refractivity contribution >= 4 is 0 Å². The summed E-state index contributed by atoms with van der Waals surface area (Å²) in [4.78, 5) is 0. The lowest BCUT2D eigenvalue weighted by Gasteiger charge is -2.38. The third-order valence-electron chi connectivity index (χ3n) is 8.29. The molecule has 2 rings (SSSR count). The Labute approximate surface area is 186 Å². The van der Waals surface area contributed by atoms with E-state index in [4.69, 9.17) is 0 Å². The van der Waals surface area contributed by atoms with Gasteiger partial charge in [-0.2, -0.15) is 8.78 Å². The van der Waals surface area contributed by atoms with Gasteiger partial charge in [-0.15, -0.1) is 0 Å². The van der Waals surface area contributed by atoms with Crippen LogP contribution in [0, 0.1) is 23.7 Å². The van der Waals surface area contributed by atoms with Crippen molar-refractivity contribution in [3.05, 3.63) is 12.2 Å². The highest BCUT2D eigenvalue weighted by molar-refractivity contribution is 4.85. The molecule has 0 nitrogen and oxygen atoms in total. The predicted octanol–water partition coefficient (Wildman–Crippen LogP) is 10.5. The Morgan fingerprint density at radius 1 is 0.600 bits per heavy atom. The summed E-state index contributed by atoms with van der Waals surface area (Å²) in [7, 11) is 0. The third kappa shape index (κ3) is 11.3. The molecule has 0 aromatic heterocycles. The molecular weight excluding hydrogens is 374 g/mol. The molecule has 30 heavy (non-hydrogen) atoms. The van der Waals surface area contributed by atoms with Crippen LogP contribution in [0.4, 0.5) is 8.78 Å². The maximum absolute atomic E-state index is 12.2. The third-order valence-corrected chi connectivity index (χ3v) is 8.29. The van der Waals surface area contributed by atoms with Crippen molar-refractivity contribution in [2.75, 3.05) is 0 Å². The van der Waals surface area contributed by atoms with Crippen LogP contribution in [-0.4, -0.2) is 0 Å². The molecule has 176 valence electrons. The minimum atomic E-state index is -1.50. The summed E-state index contributed by atoms with van der Waals surface area (Å²) in [5.74, 6) is 3.62. The fraction of sp³-hybridized carbons (Fsp3) is 0.929. The molecular formula is C28H50F2. The van der Waals surface area contributed by atoms with Gasteiger partial charge in [0, 0.05) is 0 Å². The molecule has 0 aromatic rings. The first-order chi connectivity index (χ1) is 14.7. The van der Waals surface area contributed by atoms with Crippen LogP contribution in [0.1, 0.15) is 142 Å². The lowest BCUT2D eigenvalue weighted by Crippen LogP contribution is -2.25. The first-order valence-electron chi connectivity index (χ1n) is 13.7. The molecule has 0 bridgehead atoms. The molecule has 0 N–H and O–H groups in total. The largest absolute Gasteiger partial charge is 0.266 e. The van der Waals surface area contributed by atoms with E-state index in [0.717, 1.165) is 30.3 Å². The van der Waals surface area contributed by atoms with Crippen molar-refractivity contribution in [2.24, 2.45) is 23.7 Å². The van der Waals surface area contributed by atoms with Crippen LogP contribution >= 0.6 is 0 Å². The Kier molecular flexibility index (Phi) is 14.0. The van der Waals surface area contributed by atoms with Gasteiger partial charge in [0.05, 0.1) is 0 Å². The van der Waals surface area contributed by atoms with Crippen molar-refractivity contribution in [3.63, 3.8) is 0 Å². The van der Waals surface area contributed by atoms with Crippen molar-refractivity contribution in [1.29, 1.82) is 0 Å². The number of halogens is 2. The number of allylic oxidation sites excluding steroid dienone is 1.